The molecule has 0 aliphatic heterocycles. The van der Waals surface area contributed by atoms with Gasteiger partial charge in [-0.25, -0.2) is 0 Å². The van der Waals surface area contributed by atoms with Crippen molar-refractivity contribution < 1.29 is 9.84 Å². The Morgan fingerprint density at radius 1 is 1.53 bits per heavy atom. The number of aliphatic hydroxyl groups excluding tert-OH is 1. The smallest absolute Gasteiger partial charge is 0.0638 e. The molecule has 3 N–H and O–H groups in total. The molecule has 15 heavy (non-hydrogen) atoms. The lowest BCUT2D eigenvalue weighted by Gasteiger charge is -2.15. The van der Waals surface area contributed by atoms with Crippen LogP contribution in [0.25, 0.3) is 0 Å². The fraction of sp³-hybridized carbons (Fsp3) is 0.700. The second-order valence-electron chi connectivity index (χ2n) is 3.63. The Morgan fingerprint density at radius 2 is 2.27 bits per heavy atom. The number of nitrogens with one attached hydrogen (secondary N) is 2. The van der Waals surface area contributed by atoms with Gasteiger partial charge in [0.15, 0.2) is 0 Å². The Morgan fingerprint density at radius 3 is 2.73 bits per heavy atom. The first kappa shape index (κ1) is 12.2. The summed E-state index contributed by atoms with van der Waals surface area (Å²) in [6.07, 6.45) is 0. The number of rotatable bonds is 6. The molecule has 0 radical (unpaired) electrons. The van der Waals surface area contributed by atoms with E-state index in [-0.39, 0.29) is 12.6 Å². The van der Waals surface area contributed by atoms with Crippen LogP contribution in [0.15, 0.2) is 0 Å². The van der Waals surface area contributed by atoms with Crippen LogP contribution >= 0.6 is 0 Å². The zero-order valence-corrected chi connectivity index (χ0v) is 9.50. The third kappa shape index (κ3) is 3.30. The highest BCUT2D eigenvalue weighted by molar-refractivity contribution is 5.22. The van der Waals surface area contributed by atoms with Gasteiger partial charge in [0.05, 0.1) is 24.9 Å². The van der Waals surface area contributed by atoms with Gasteiger partial charge in [0.25, 0.3) is 0 Å². The number of hydrogen-bond donors (Lipinski definition) is 3. The summed E-state index contributed by atoms with van der Waals surface area (Å²) in [6, 6.07) is -0.0244. The molecule has 1 rings (SSSR count). The summed E-state index contributed by atoms with van der Waals surface area (Å²) in [6.45, 7) is 5.23. The van der Waals surface area contributed by atoms with E-state index in [4.69, 9.17) is 9.84 Å². The van der Waals surface area contributed by atoms with Crippen LogP contribution in [0.4, 0.5) is 0 Å². The highest BCUT2D eigenvalue weighted by atomic mass is 16.5. The van der Waals surface area contributed by atoms with E-state index < -0.39 is 0 Å². The molecule has 0 saturated carbocycles. The zero-order chi connectivity index (χ0) is 11.3. The average Bonchev–Trinajstić information content (AvgIpc) is 2.54. The number of aliphatic hydroxyl groups is 1. The number of nitrogens with zero attached hydrogens (tertiary/aromatic N) is 1. The Kier molecular flexibility index (Phi) is 4.74. The fourth-order valence-electron chi connectivity index (χ4n) is 1.46. The molecule has 0 spiro atoms. The van der Waals surface area contributed by atoms with E-state index in [1.54, 1.807) is 7.11 Å². The lowest BCUT2D eigenvalue weighted by atomic mass is 10.2. The van der Waals surface area contributed by atoms with Gasteiger partial charge < -0.3 is 15.2 Å². The fourth-order valence-corrected chi connectivity index (χ4v) is 1.46. The maximum Gasteiger partial charge on any atom is 0.0638 e. The molecule has 86 valence electrons. The van der Waals surface area contributed by atoms with Crippen LogP contribution in [0.2, 0.25) is 0 Å². The number of hydrogen-bond acceptors (Lipinski definition) is 4. The zero-order valence-electron chi connectivity index (χ0n) is 9.50. The molecular formula is C10H19N3O2. The predicted octanol–water partition coefficient (Wildman–Crippen LogP) is 0.123. The third-order valence-electron chi connectivity index (χ3n) is 2.44. The van der Waals surface area contributed by atoms with Gasteiger partial charge in [-0.15, -0.1) is 0 Å². The van der Waals surface area contributed by atoms with Crippen molar-refractivity contribution in [2.45, 2.75) is 26.4 Å². The van der Waals surface area contributed by atoms with Crippen LogP contribution in [-0.4, -0.2) is 41.7 Å². The molecule has 1 aromatic heterocycles. The number of H-pyrrole nitrogens is 1. The van der Waals surface area contributed by atoms with Gasteiger partial charge in [0, 0.05) is 24.9 Å². The van der Waals surface area contributed by atoms with Gasteiger partial charge in [0.2, 0.25) is 0 Å². The maximum absolute atomic E-state index is 9.06. The van der Waals surface area contributed by atoms with Crippen molar-refractivity contribution in [3.05, 3.63) is 17.0 Å². The van der Waals surface area contributed by atoms with Crippen molar-refractivity contribution in [3.63, 3.8) is 0 Å². The van der Waals surface area contributed by atoms with Gasteiger partial charge >= 0.3 is 0 Å². The topological polar surface area (TPSA) is 70.2 Å². The monoisotopic (exact) mass is 213 g/mol. The molecule has 1 unspecified atom stereocenters. The van der Waals surface area contributed by atoms with Crippen LogP contribution in [0.1, 0.15) is 17.0 Å². The van der Waals surface area contributed by atoms with E-state index in [1.807, 2.05) is 13.8 Å². The van der Waals surface area contributed by atoms with E-state index in [2.05, 4.69) is 15.5 Å². The number of methoxy groups -OCH3 is 1. The minimum absolute atomic E-state index is 0.0244. The van der Waals surface area contributed by atoms with Crippen LogP contribution in [0.5, 0.6) is 0 Å². The van der Waals surface area contributed by atoms with E-state index in [9.17, 15) is 0 Å². The summed E-state index contributed by atoms with van der Waals surface area (Å²) in [5.41, 5.74) is 3.22. The Labute approximate surface area is 89.8 Å². The first-order chi connectivity index (χ1) is 7.19. The molecule has 0 aliphatic rings. The Hall–Kier alpha value is -0.910. The summed E-state index contributed by atoms with van der Waals surface area (Å²) in [5.74, 6) is 0. The summed E-state index contributed by atoms with van der Waals surface area (Å²) in [7, 11) is 1.62. The average molecular weight is 213 g/mol. The van der Waals surface area contributed by atoms with Crippen LogP contribution in [0.3, 0.4) is 0 Å². The van der Waals surface area contributed by atoms with Crippen molar-refractivity contribution >= 4 is 0 Å². The summed E-state index contributed by atoms with van der Waals surface area (Å²) in [4.78, 5) is 0. The molecule has 5 nitrogen and oxygen atoms in total. The summed E-state index contributed by atoms with van der Waals surface area (Å²) in [5, 5.41) is 19.3. The number of ether oxygens (including phenoxy) is 1. The van der Waals surface area contributed by atoms with Crippen molar-refractivity contribution in [2.75, 3.05) is 20.3 Å². The van der Waals surface area contributed by atoms with Crippen molar-refractivity contribution in [1.29, 1.82) is 0 Å². The van der Waals surface area contributed by atoms with E-state index in [1.165, 1.54) is 0 Å². The van der Waals surface area contributed by atoms with Crippen LogP contribution in [0, 0.1) is 13.8 Å². The number of aromatic amines is 1. The van der Waals surface area contributed by atoms with Gasteiger partial charge in [-0.3, -0.25) is 5.10 Å². The van der Waals surface area contributed by atoms with Gasteiger partial charge in [-0.2, -0.15) is 5.10 Å². The molecular weight excluding hydrogens is 194 g/mol. The SMILES string of the molecule is COCC(CO)NCc1c(C)n[nH]c1C. The summed E-state index contributed by atoms with van der Waals surface area (Å²) < 4.78 is 4.98. The first-order valence-corrected chi connectivity index (χ1v) is 5.02. The lowest BCUT2D eigenvalue weighted by Crippen LogP contribution is -2.36. The molecule has 0 aromatic carbocycles. The number of aryl methyl sites for hydroxylation is 2. The standard InChI is InChI=1S/C10H19N3O2/c1-7-10(8(2)13-12-7)4-11-9(5-14)6-15-3/h9,11,14H,4-6H2,1-3H3,(H,12,13). The second kappa shape index (κ2) is 5.85. The molecule has 0 saturated heterocycles. The minimum Gasteiger partial charge on any atom is -0.395 e. The van der Waals surface area contributed by atoms with Crippen molar-refractivity contribution in [1.82, 2.24) is 15.5 Å². The minimum atomic E-state index is -0.0244. The largest absolute Gasteiger partial charge is 0.395 e. The highest BCUT2D eigenvalue weighted by Gasteiger charge is 2.10. The normalized spacial score (nSPS) is 13.1. The molecule has 1 atom stereocenters. The second-order valence-corrected chi connectivity index (χ2v) is 3.63. The molecule has 0 fully saturated rings. The Bertz CT molecular complexity index is 279. The van der Waals surface area contributed by atoms with Crippen LogP contribution < -0.4 is 5.32 Å². The molecule has 5 heteroatoms. The predicted molar refractivity (Wildman–Crippen MR) is 57.7 cm³/mol. The van der Waals surface area contributed by atoms with E-state index in [0.29, 0.717) is 13.2 Å². The third-order valence-corrected chi connectivity index (χ3v) is 2.44. The molecule has 0 aliphatic carbocycles. The summed E-state index contributed by atoms with van der Waals surface area (Å²) >= 11 is 0. The van der Waals surface area contributed by atoms with Crippen molar-refractivity contribution in [3.8, 4) is 0 Å². The van der Waals surface area contributed by atoms with E-state index in [0.717, 1.165) is 17.0 Å². The van der Waals surface area contributed by atoms with E-state index >= 15 is 0 Å². The van der Waals surface area contributed by atoms with Gasteiger partial charge in [-0.05, 0) is 13.8 Å². The highest BCUT2D eigenvalue weighted by Crippen LogP contribution is 2.08. The molecule has 1 aromatic rings. The molecule has 0 bridgehead atoms. The maximum atomic E-state index is 9.06. The molecule has 0 amide bonds. The molecule has 1 heterocycles. The van der Waals surface area contributed by atoms with Crippen molar-refractivity contribution in [2.24, 2.45) is 0 Å². The van der Waals surface area contributed by atoms with Crippen LogP contribution in [-0.2, 0) is 11.3 Å². The lowest BCUT2D eigenvalue weighted by molar-refractivity contribution is 0.128. The first-order valence-electron chi connectivity index (χ1n) is 5.02. The number of aromatic nitrogens is 2. The van der Waals surface area contributed by atoms with Gasteiger partial charge in [-0.1, -0.05) is 0 Å². The Balaban J connectivity index is 2.48. The quantitative estimate of drug-likeness (QED) is 0.628. The van der Waals surface area contributed by atoms with Gasteiger partial charge in [0.1, 0.15) is 0 Å².